The number of nitrogens with zero attached hydrogens (tertiary/aromatic N) is 2. The monoisotopic (exact) mass is 303 g/mol. The molecular formula is C11H8F3N3O2S. The summed E-state index contributed by atoms with van der Waals surface area (Å²) in [5.74, 6) is -1.64. The van der Waals surface area contributed by atoms with Crippen molar-refractivity contribution in [1.82, 2.24) is 15.5 Å². The van der Waals surface area contributed by atoms with Gasteiger partial charge in [0.2, 0.25) is 5.16 Å². The molecule has 0 unspecified atom stereocenters. The fourth-order valence-corrected chi connectivity index (χ4v) is 1.98. The summed E-state index contributed by atoms with van der Waals surface area (Å²) >= 11 is 0.905. The van der Waals surface area contributed by atoms with Crippen LogP contribution in [0.5, 0.6) is 0 Å². The van der Waals surface area contributed by atoms with Gasteiger partial charge >= 0.3 is 12.1 Å². The van der Waals surface area contributed by atoms with E-state index in [0.717, 1.165) is 11.8 Å². The molecule has 0 aliphatic carbocycles. The number of hydrogen-bond donors (Lipinski definition) is 1. The highest BCUT2D eigenvalue weighted by Gasteiger charge is 2.38. The van der Waals surface area contributed by atoms with Gasteiger partial charge in [0.1, 0.15) is 0 Å². The van der Waals surface area contributed by atoms with Crippen molar-refractivity contribution < 1.29 is 22.5 Å². The highest BCUT2D eigenvalue weighted by atomic mass is 32.2. The third-order valence-electron chi connectivity index (χ3n) is 2.20. The highest BCUT2D eigenvalue weighted by molar-refractivity contribution is 7.99. The van der Waals surface area contributed by atoms with Crippen molar-refractivity contribution in [3.8, 4) is 0 Å². The summed E-state index contributed by atoms with van der Waals surface area (Å²) in [6, 6.07) is 6.26. The molecule has 0 radical (unpaired) electrons. The standard InChI is InChI=1S/C11H8F3N3O2S/c1-15-8(18)6-2-4-7(5-3-6)20-10-16-9(19-17-10)11(12,13)14/h2-5H,1H3,(H,15,18). The molecule has 2 rings (SSSR count). The van der Waals surface area contributed by atoms with Crippen molar-refractivity contribution in [3.05, 3.63) is 35.7 Å². The summed E-state index contributed by atoms with van der Waals surface area (Å²) in [4.78, 5) is 15.1. The van der Waals surface area contributed by atoms with Gasteiger partial charge in [0.25, 0.3) is 5.91 Å². The van der Waals surface area contributed by atoms with Crippen molar-refractivity contribution >= 4 is 17.7 Å². The topological polar surface area (TPSA) is 68.0 Å². The van der Waals surface area contributed by atoms with Crippen LogP contribution >= 0.6 is 11.8 Å². The fourth-order valence-electron chi connectivity index (χ4n) is 1.29. The molecule has 0 aliphatic rings. The second-order valence-electron chi connectivity index (χ2n) is 3.59. The molecule has 106 valence electrons. The summed E-state index contributed by atoms with van der Waals surface area (Å²) in [6.45, 7) is 0. The molecule has 1 aromatic carbocycles. The first-order valence-electron chi connectivity index (χ1n) is 5.31. The molecule has 5 nitrogen and oxygen atoms in total. The number of halogens is 3. The van der Waals surface area contributed by atoms with Gasteiger partial charge in [0.15, 0.2) is 0 Å². The Morgan fingerprint density at radius 2 is 1.95 bits per heavy atom. The third kappa shape index (κ3) is 3.29. The molecule has 20 heavy (non-hydrogen) atoms. The van der Waals surface area contributed by atoms with Crippen molar-refractivity contribution in [2.45, 2.75) is 16.2 Å². The van der Waals surface area contributed by atoms with Crippen LogP contribution in [0.3, 0.4) is 0 Å². The lowest BCUT2D eigenvalue weighted by atomic mass is 10.2. The Balaban J connectivity index is 2.10. The van der Waals surface area contributed by atoms with Crippen LogP contribution in [0, 0.1) is 0 Å². The number of alkyl halides is 3. The number of hydrogen-bond acceptors (Lipinski definition) is 5. The van der Waals surface area contributed by atoms with Crippen molar-refractivity contribution in [3.63, 3.8) is 0 Å². The van der Waals surface area contributed by atoms with E-state index in [0.29, 0.717) is 10.5 Å². The van der Waals surface area contributed by atoms with E-state index in [1.165, 1.54) is 7.05 Å². The van der Waals surface area contributed by atoms with Gasteiger partial charge < -0.3 is 9.84 Å². The molecule has 0 spiro atoms. The maximum absolute atomic E-state index is 12.3. The van der Waals surface area contributed by atoms with E-state index in [9.17, 15) is 18.0 Å². The van der Waals surface area contributed by atoms with Crippen LogP contribution in [0.15, 0.2) is 38.8 Å². The Kier molecular flexibility index (Phi) is 3.98. The first kappa shape index (κ1) is 14.4. The molecule has 1 amide bonds. The van der Waals surface area contributed by atoms with Crippen LogP contribution in [-0.4, -0.2) is 23.1 Å². The molecule has 0 bridgehead atoms. The normalized spacial score (nSPS) is 11.4. The third-order valence-corrected chi connectivity index (χ3v) is 3.06. The van der Waals surface area contributed by atoms with Crippen LogP contribution in [-0.2, 0) is 6.18 Å². The lowest BCUT2D eigenvalue weighted by molar-refractivity contribution is -0.159. The van der Waals surface area contributed by atoms with Crippen LogP contribution in [0.4, 0.5) is 13.2 Å². The number of aromatic nitrogens is 2. The summed E-state index contributed by atoms with van der Waals surface area (Å²) in [5, 5.41) is 5.54. The van der Waals surface area contributed by atoms with Crippen LogP contribution in [0.2, 0.25) is 0 Å². The van der Waals surface area contributed by atoms with Crippen molar-refractivity contribution in [2.75, 3.05) is 7.05 Å². The Morgan fingerprint density at radius 1 is 1.30 bits per heavy atom. The summed E-state index contributed by atoms with van der Waals surface area (Å²) < 4.78 is 40.9. The van der Waals surface area contributed by atoms with Gasteiger partial charge in [0.05, 0.1) is 0 Å². The van der Waals surface area contributed by atoms with Gasteiger partial charge in [0, 0.05) is 17.5 Å². The van der Waals surface area contributed by atoms with Gasteiger partial charge in [-0.3, -0.25) is 4.79 Å². The lowest BCUT2D eigenvalue weighted by Crippen LogP contribution is -2.17. The van der Waals surface area contributed by atoms with Crippen molar-refractivity contribution in [1.29, 1.82) is 0 Å². The zero-order chi connectivity index (χ0) is 14.8. The molecular weight excluding hydrogens is 295 g/mol. The van der Waals surface area contributed by atoms with Crippen LogP contribution < -0.4 is 5.32 Å². The first-order chi connectivity index (χ1) is 9.40. The zero-order valence-electron chi connectivity index (χ0n) is 10.1. The predicted octanol–water partition coefficient (Wildman–Crippen LogP) is 2.60. The molecule has 9 heteroatoms. The van der Waals surface area contributed by atoms with E-state index in [2.05, 4.69) is 20.0 Å². The number of rotatable bonds is 3. The quantitative estimate of drug-likeness (QED) is 0.944. The predicted molar refractivity (Wildman–Crippen MR) is 63.3 cm³/mol. The van der Waals surface area contributed by atoms with E-state index in [1.807, 2.05) is 0 Å². The van der Waals surface area contributed by atoms with Crippen molar-refractivity contribution in [2.24, 2.45) is 0 Å². The van der Waals surface area contributed by atoms with Crippen LogP contribution in [0.1, 0.15) is 16.2 Å². The minimum Gasteiger partial charge on any atom is -0.355 e. The Labute approximate surface area is 115 Å². The largest absolute Gasteiger partial charge is 0.471 e. The van der Waals surface area contributed by atoms with E-state index >= 15 is 0 Å². The Hall–Kier alpha value is -2.03. The zero-order valence-corrected chi connectivity index (χ0v) is 10.9. The van der Waals surface area contributed by atoms with E-state index < -0.39 is 12.1 Å². The number of nitrogens with one attached hydrogen (secondary N) is 1. The summed E-state index contributed by atoms with van der Waals surface area (Å²) in [5.41, 5.74) is 0.445. The molecule has 0 fully saturated rings. The SMILES string of the molecule is CNC(=O)c1ccc(Sc2noc(C(F)(F)F)n2)cc1. The number of carbonyl (C=O) groups excluding carboxylic acids is 1. The molecule has 0 atom stereocenters. The Bertz CT molecular complexity index is 610. The molecule has 0 aliphatic heterocycles. The second kappa shape index (κ2) is 5.53. The molecule has 1 aromatic heterocycles. The summed E-state index contributed by atoms with van der Waals surface area (Å²) in [7, 11) is 1.50. The second-order valence-corrected chi connectivity index (χ2v) is 4.63. The minimum absolute atomic E-state index is 0.148. The number of benzene rings is 1. The fraction of sp³-hybridized carbons (Fsp3) is 0.182. The number of amides is 1. The molecule has 2 aromatic rings. The van der Waals surface area contributed by atoms with E-state index in [4.69, 9.17) is 0 Å². The molecule has 1 heterocycles. The minimum atomic E-state index is -4.66. The van der Waals surface area contributed by atoms with Gasteiger partial charge in [-0.2, -0.15) is 18.2 Å². The van der Waals surface area contributed by atoms with E-state index in [-0.39, 0.29) is 11.1 Å². The summed E-state index contributed by atoms with van der Waals surface area (Å²) in [6.07, 6.45) is -4.66. The van der Waals surface area contributed by atoms with Gasteiger partial charge in [-0.1, -0.05) is 0 Å². The van der Waals surface area contributed by atoms with Gasteiger partial charge in [-0.15, -0.1) is 0 Å². The maximum Gasteiger partial charge on any atom is 0.471 e. The smallest absolute Gasteiger partial charge is 0.355 e. The first-order valence-corrected chi connectivity index (χ1v) is 6.12. The average Bonchev–Trinajstić information content (AvgIpc) is 2.87. The molecule has 1 N–H and O–H groups in total. The Morgan fingerprint density at radius 3 is 2.45 bits per heavy atom. The van der Waals surface area contributed by atoms with Gasteiger partial charge in [-0.25, -0.2) is 0 Å². The lowest BCUT2D eigenvalue weighted by Gasteiger charge is -2.00. The molecule has 0 saturated carbocycles. The number of carbonyl (C=O) groups is 1. The van der Waals surface area contributed by atoms with Crippen LogP contribution in [0.25, 0.3) is 0 Å². The maximum atomic E-state index is 12.3. The van der Waals surface area contributed by atoms with E-state index in [1.54, 1.807) is 24.3 Å². The molecule has 0 saturated heterocycles. The van der Waals surface area contributed by atoms with Gasteiger partial charge in [-0.05, 0) is 41.2 Å². The highest BCUT2D eigenvalue weighted by Crippen LogP contribution is 2.31. The average molecular weight is 303 g/mol.